The van der Waals surface area contributed by atoms with Crippen molar-refractivity contribution in [3.63, 3.8) is 0 Å². The topological polar surface area (TPSA) is 26.3 Å². The number of carbonyl (C=O) groups is 1. The Hall–Kier alpha value is -0.630. The van der Waals surface area contributed by atoms with E-state index in [0.29, 0.717) is 5.78 Å². The van der Waals surface area contributed by atoms with Crippen molar-refractivity contribution in [3.05, 3.63) is 11.6 Å². The molecule has 1 aliphatic carbocycles. The van der Waals surface area contributed by atoms with Gasteiger partial charge in [0.15, 0.2) is 5.78 Å². The summed E-state index contributed by atoms with van der Waals surface area (Å²) in [5.74, 6) is 1.10. The summed E-state index contributed by atoms with van der Waals surface area (Å²) in [6, 6.07) is 0. The molecule has 0 aromatic heterocycles. The molecular formula is C12H18O2. The molecule has 1 saturated heterocycles. The van der Waals surface area contributed by atoms with Gasteiger partial charge in [-0.3, -0.25) is 4.79 Å². The predicted octanol–water partition coefficient (Wildman–Crippen LogP) is 2.48. The Morgan fingerprint density at radius 1 is 1.29 bits per heavy atom. The summed E-state index contributed by atoms with van der Waals surface area (Å²) in [7, 11) is 0. The van der Waals surface area contributed by atoms with Crippen molar-refractivity contribution in [2.24, 2.45) is 5.92 Å². The van der Waals surface area contributed by atoms with E-state index in [1.54, 1.807) is 0 Å². The van der Waals surface area contributed by atoms with Crippen LogP contribution >= 0.6 is 0 Å². The largest absolute Gasteiger partial charge is 0.381 e. The maximum absolute atomic E-state index is 11.2. The maximum Gasteiger partial charge on any atom is 0.155 e. The van der Waals surface area contributed by atoms with Gasteiger partial charge < -0.3 is 4.74 Å². The summed E-state index contributed by atoms with van der Waals surface area (Å²) < 4.78 is 5.32. The summed E-state index contributed by atoms with van der Waals surface area (Å²) in [6.45, 7) is 1.82. The molecule has 0 N–H and O–H groups in total. The highest BCUT2D eigenvalue weighted by molar-refractivity contribution is 5.91. The molecule has 2 heteroatoms. The molecule has 2 rings (SSSR count). The Labute approximate surface area is 85.3 Å². The van der Waals surface area contributed by atoms with Crippen LogP contribution in [0.25, 0.3) is 0 Å². The van der Waals surface area contributed by atoms with E-state index < -0.39 is 0 Å². The van der Waals surface area contributed by atoms with Crippen LogP contribution in [0.4, 0.5) is 0 Å². The molecule has 1 aliphatic heterocycles. The van der Waals surface area contributed by atoms with Crippen molar-refractivity contribution in [2.75, 3.05) is 13.2 Å². The van der Waals surface area contributed by atoms with Crippen molar-refractivity contribution in [2.45, 2.75) is 38.5 Å². The van der Waals surface area contributed by atoms with Gasteiger partial charge >= 0.3 is 0 Å². The fourth-order valence-electron chi connectivity index (χ4n) is 2.34. The van der Waals surface area contributed by atoms with E-state index in [0.717, 1.165) is 44.8 Å². The van der Waals surface area contributed by atoms with Crippen molar-refractivity contribution in [1.29, 1.82) is 0 Å². The Bertz CT molecular complexity index is 237. The van der Waals surface area contributed by atoms with E-state index >= 15 is 0 Å². The highest BCUT2D eigenvalue weighted by atomic mass is 16.5. The standard InChI is InChI=1S/C12H18O2/c13-12-3-1-2-11(9-12)8-10-4-6-14-7-5-10/h9-10H,1-8H2. The lowest BCUT2D eigenvalue weighted by atomic mass is 9.87. The van der Waals surface area contributed by atoms with Gasteiger partial charge in [-0.1, -0.05) is 5.57 Å². The second-order valence-corrected chi connectivity index (χ2v) is 4.38. The van der Waals surface area contributed by atoms with Gasteiger partial charge in [0.05, 0.1) is 0 Å². The molecule has 0 aromatic carbocycles. The molecule has 0 bridgehead atoms. The van der Waals surface area contributed by atoms with Crippen molar-refractivity contribution in [1.82, 2.24) is 0 Å². The zero-order valence-corrected chi connectivity index (χ0v) is 8.63. The molecule has 78 valence electrons. The minimum atomic E-state index is 0.332. The minimum Gasteiger partial charge on any atom is -0.381 e. The molecular weight excluding hydrogens is 176 g/mol. The molecule has 2 aliphatic rings. The SMILES string of the molecule is O=C1C=C(CC2CCOCC2)CCC1. The van der Waals surface area contributed by atoms with Crippen LogP contribution in [-0.4, -0.2) is 19.0 Å². The average Bonchev–Trinajstić information content (AvgIpc) is 2.19. The first-order valence-corrected chi connectivity index (χ1v) is 5.64. The van der Waals surface area contributed by atoms with E-state index in [9.17, 15) is 4.79 Å². The lowest BCUT2D eigenvalue weighted by Crippen LogP contribution is -2.17. The Balaban J connectivity index is 1.86. The van der Waals surface area contributed by atoms with Crippen LogP contribution in [0.2, 0.25) is 0 Å². The highest BCUT2D eigenvalue weighted by Gasteiger charge is 2.17. The van der Waals surface area contributed by atoms with Crippen LogP contribution in [0.3, 0.4) is 0 Å². The Morgan fingerprint density at radius 2 is 2.07 bits per heavy atom. The number of allylic oxidation sites excluding steroid dienone is 2. The molecule has 14 heavy (non-hydrogen) atoms. The maximum atomic E-state index is 11.2. The first kappa shape index (κ1) is 9.91. The van der Waals surface area contributed by atoms with E-state index in [1.165, 1.54) is 18.4 Å². The fourth-order valence-corrected chi connectivity index (χ4v) is 2.34. The monoisotopic (exact) mass is 194 g/mol. The van der Waals surface area contributed by atoms with Crippen LogP contribution < -0.4 is 0 Å². The summed E-state index contributed by atoms with van der Waals surface area (Å²) in [5.41, 5.74) is 1.38. The third kappa shape index (κ3) is 2.68. The quantitative estimate of drug-likeness (QED) is 0.675. The van der Waals surface area contributed by atoms with Gasteiger partial charge in [0, 0.05) is 19.6 Å². The van der Waals surface area contributed by atoms with Crippen molar-refractivity contribution < 1.29 is 9.53 Å². The lowest BCUT2D eigenvalue weighted by Gasteiger charge is -2.24. The van der Waals surface area contributed by atoms with Gasteiger partial charge in [0.2, 0.25) is 0 Å². The van der Waals surface area contributed by atoms with Gasteiger partial charge in [-0.05, 0) is 44.1 Å². The third-order valence-corrected chi connectivity index (χ3v) is 3.18. The van der Waals surface area contributed by atoms with Gasteiger partial charge in [-0.2, -0.15) is 0 Å². The van der Waals surface area contributed by atoms with Gasteiger partial charge in [0.1, 0.15) is 0 Å². The van der Waals surface area contributed by atoms with Crippen LogP contribution in [0.5, 0.6) is 0 Å². The van der Waals surface area contributed by atoms with E-state index in [1.807, 2.05) is 6.08 Å². The first-order valence-electron chi connectivity index (χ1n) is 5.64. The van der Waals surface area contributed by atoms with E-state index in [2.05, 4.69) is 0 Å². The van der Waals surface area contributed by atoms with Gasteiger partial charge in [0.25, 0.3) is 0 Å². The van der Waals surface area contributed by atoms with Crippen LogP contribution in [0.15, 0.2) is 11.6 Å². The second kappa shape index (κ2) is 4.74. The predicted molar refractivity (Wildman–Crippen MR) is 55.1 cm³/mol. The summed E-state index contributed by atoms with van der Waals surface area (Å²) in [6.07, 6.45) is 8.33. The molecule has 1 heterocycles. The number of ketones is 1. The van der Waals surface area contributed by atoms with Gasteiger partial charge in [-0.15, -0.1) is 0 Å². The normalized spacial score (nSPS) is 24.9. The summed E-state index contributed by atoms with van der Waals surface area (Å²) >= 11 is 0. The number of rotatable bonds is 2. The van der Waals surface area contributed by atoms with E-state index in [-0.39, 0.29) is 0 Å². The number of ether oxygens (including phenoxy) is 1. The zero-order chi connectivity index (χ0) is 9.80. The fraction of sp³-hybridized carbons (Fsp3) is 0.750. The minimum absolute atomic E-state index is 0.332. The van der Waals surface area contributed by atoms with Crippen LogP contribution in [0.1, 0.15) is 38.5 Å². The second-order valence-electron chi connectivity index (χ2n) is 4.38. The third-order valence-electron chi connectivity index (χ3n) is 3.18. The smallest absolute Gasteiger partial charge is 0.155 e. The number of hydrogen-bond donors (Lipinski definition) is 0. The molecule has 2 nitrogen and oxygen atoms in total. The average molecular weight is 194 g/mol. The molecule has 0 aromatic rings. The van der Waals surface area contributed by atoms with Crippen molar-refractivity contribution >= 4 is 5.78 Å². The molecule has 0 atom stereocenters. The summed E-state index contributed by atoms with van der Waals surface area (Å²) in [4.78, 5) is 11.2. The molecule has 0 saturated carbocycles. The van der Waals surface area contributed by atoms with E-state index in [4.69, 9.17) is 4.74 Å². The van der Waals surface area contributed by atoms with Crippen LogP contribution in [0, 0.1) is 5.92 Å². The zero-order valence-electron chi connectivity index (χ0n) is 8.63. The molecule has 0 unspecified atom stereocenters. The summed E-state index contributed by atoms with van der Waals surface area (Å²) in [5, 5.41) is 0. The lowest BCUT2D eigenvalue weighted by molar-refractivity contribution is -0.115. The number of carbonyl (C=O) groups excluding carboxylic acids is 1. The molecule has 0 spiro atoms. The highest BCUT2D eigenvalue weighted by Crippen LogP contribution is 2.27. The first-order chi connectivity index (χ1) is 6.84. The molecule has 0 amide bonds. The Morgan fingerprint density at radius 3 is 2.79 bits per heavy atom. The number of hydrogen-bond acceptors (Lipinski definition) is 2. The molecule has 1 fully saturated rings. The molecule has 0 radical (unpaired) electrons. The van der Waals surface area contributed by atoms with Crippen molar-refractivity contribution in [3.8, 4) is 0 Å². The van der Waals surface area contributed by atoms with Gasteiger partial charge in [-0.25, -0.2) is 0 Å². The Kier molecular flexibility index (Phi) is 3.35. The van der Waals surface area contributed by atoms with Crippen LogP contribution in [-0.2, 0) is 9.53 Å².